The molecule has 0 aliphatic rings. The van der Waals surface area contributed by atoms with Crippen LogP contribution in [0.25, 0.3) is 0 Å². The summed E-state index contributed by atoms with van der Waals surface area (Å²) in [7, 11) is 0. The first-order valence-electron chi connectivity index (χ1n) is 5.47. The van der Waals surface area contributed by atoms with Gasteiger partial charge in [-0.15, -0.1) is 0 Å². The molecule has 0 heterocycles. The number of hydrogen-bond donors (Lipinski definition) is 1. The summed E-state index contributed by atoms with van der Waals surface area (Å²) in [6.45, 7) is 6.97. The first kappa shape index (κ1) is 10.7. The monoisotopic (exact) mass is 210 g/mol. The zero-order valence-electron chi connectivity index (χ0n) is 9.53. The molecule has 81 valence electrons. The van der Waals surface area contributed by atoms with E-state index in [9.17, 15) is 0 Å². The molecule has 2 aromatic carbocycles. The van der Waals surface area contributed by atoms with Crippen molar-refractivity contribution in [2.75, 3.05) is 5.32 Å². The van der Waals surface area contributed by atoms with E-state index in [1.165, 1.54) is 11.1 Å². The topological polar surface area (TPSA) is 12.0 Å². The van der Waals surface area contributed by atoms with Crippen LogP contribution in [0.3, 0.4) is 0 Å². The quantitative estimate of drug-likeness (QED) is 0.812. The highest BCUT2D eigenvalue weighted by molar-refractivity contribution is 5.53. The summed E-state index contributed by atoms with van der Waals surface area (Å²) in [4.78, 5) is 0. The largest absolute Gasteiger partial charge is 0.381 e. The van der Waals surface area contributed by atoms with Gasteiger partial charge in [0, 0.05) is 12.2 Å². The third-order valence-corrected chi connectivity index (χ3v) is 2.75. The smallest absolute Gasteiger partial charge is 0.0403 e. The minimum Gasteiger partial charge on any atom is -0.381 e. The van der Waals surface area contributed by atoms with Crippen LogP contribution in [0.4, 0.5) is 5.69 Å². The van der Waals surface area contributed by atoms with E-state index in [1.807, 2.05) is 18.2 Å². The normalized spacial score (nSPS) is 10.1. The van der Waals surface area contributed by atoms with Crippen LogP contribution in [0.1, 0.15) is 16.7 Å². The van der Waals surface area contributed by atoms with E-state index >= 15 is 0 Å². The van der Waals surface area contributed by atoms with Gasteiger partial charge in [0.05, 0.1) is 0 Å². The molecule has 1 nitrogen and oxygen atoms in total. The molecule has 0 spiro atoms. The lowest BCUT2D eigenvalue weighted by molar-refractivity contribution is 1.12. The van der Waals surface area contributed by atoms with Crippen molar-refractivity contribution in [2.24, 2.45) is 0 Å². The Hall–Kier alpha value is -1.76. The molecule has 0 unspecified atom stereocenters. The average Bonchev–Trinajstić information content (AvgIpc) is 2.30. The van der Waals surface area contributed by atoms with Gasteiger partial charge in [0.25, 0.3) is 0 Å². The Kier molecular flexibility index (Phi) is 3.25. The molecular weight excluding hydrogens is 194 g/mol. The van der Waals surface area contributed by atoms with Crippen molar-refractivity contribution < 1.29 is 0 Å². The fourth-order valence-corrected chi connectivity index (χ4v) is 1.69. The summed E-state index contributed by atoms with van der Waals surface area (Å²) in [5.41, 5.74) is 4.78. The van der Waals surface area contributed by atoms with Crippen LogP contribution in [-0.4, -0.2) is 0 Å². The van der Waals surface area contributed by atoms with Gasteiger partial charge in [-0.2, -0.15) is 0 Å². The zero-order chi connectivity index (χ0) is 11.4. The van der Waals surface area contributed by atoms with Gasteiger partial charge < -0.3 is 5.32 Å². The van der Waals surface area contributed by atoms with Crippen LogP contribution in [0.15, 0.2) is 48.5 Å². The van der Waals surface area contributed by atoms with Crippen LogP contribution in [0.2, 0.25) is 0 Å². The molecule has 0 aliphatic carbocycles. The van der Waals surface area contributed by atoms with E-state index in [0.29, 0.717) is 0 Å². The molecule has 0 aliphatic heterocycles. The number of aryl methyl sites for hydroxylation is 1. The second-order valence-corrected chi connectivity index (χ2v) is 3.94. The highest BCUT2D eigenvalue weighted by atomic mass is 14.9. The Bertz CT molecular complexity index is 429. The Morgan fingerprint density at radius 1 is 1.00 bits per heavy atom. The molecule has 0 saturated carbocycles. The van der Waals surface area contributed by atoms with E-state index in [4.69, 9.17) is 0 Å². The minimum absolute atomic E-state index is 0.846. The summed E-state index contributed by atoms with van der Waals surface area (Å²) in [6.07, 6.45) is 0. The number of rotatable bonds is 3. The predicted molar refractivity (Wildman–Crippen MR) is 69.4 cm³/mol. The molecule has 0 fully saturated rings. The number of nitrogens with one attached hydrogen (secondary N) is 1. The fraction of sp³-hybridized carbons (Fsp3) is 0.133. The summed E-state index contributed by atoms with van der Waals surface area (Å²) in [6, 6.07) is 16.5. The molecule has 1 radical (unpaired) electrons. The first-order chi connectivity index (χ1) is 7.77. The molecule has 0 saturated heterocycles. The van der Waals surface area contributed by atoms with E-state index in [2.05, 4.69) is 49.5 Å². The summed E-state index contributed by atoms with van der Waals surface area (Å²) in [5.74, 6) is 0. The van der Waals surface area contributed by atoms with Crippen molar-refractivity contribution in [1.29, 1.82) is 0 Å². The zero-order valence-corrected chi connectivity index (χ0v) is 9.53. The molecule has 0 amide bonds. The predicted octanol–water partition coefficient (Wildman–Crippen LogP) is 3.79. The van der Waals surface area contributed by atoms with Crippen LogP contribution >= 0.6 is 0 Å². The van der Waals surface area contributed by atoms with Crippen molar-refractivity contribution in [2.45, 2.75) is 13.5 Å². The van der Waals surface area contributed by atoms with Gasteiger partial charge >= 0.3 is 0 Å². The number of para-hydroxylation sites is 1. The van der Waals surface area contributed by atoms with E-state index in [-0.39, 0.29) is 0 Å². The molecule has 0 bridgehead atoms. The van der Waals surface area contributed by atoms with E-state index in [0.717, 1.165) is 17.8 Å². The molecular formula is C15H16N. The molecule has 2 aromatic rings. The standard InChI is InChI=1S/C15H16N/c1-12-7-3-5-9-14(12)11-16-15-10-6-4-8-13(15)2/h3-10,16H,2,11H2,1H3. The van der Waals surface area contributed by atoms with Crippen molar-refractivity contribution in [3.8, 4) is 0 Å². The first-order valence-corrected chi connectivity index (χ1v) is 5.47. The van der Waals surface area contributed by atoms with Crippen molar-refractivity contribution in [1.82, 2.24) is 0 Å². The third kappa shape index (κ3) is 2.43. The van der Waals surface area contributed by atoms with Gasteiger partial charge in [0.1, 0.15) is 0 Å². The van der Waals surface area contributed by atoms with Crippen LogP contribution < -0.4 is 5.32 Å². The van der Waals surface area contributed by atoms with Crippen LogP contribution in [0.5, 0.6) is 0 Å². The maximum atomic E-state index is 3.99. The van der Waals surface area contributed by atoms with Crippen molar-refractivity contribution in [3.05, 3.63) is 72.1 Å². The average molecular weight is 210 g/mol. The second kappa shape index (κ2) is 4.84. The van der Waals surface area contributed by atoms with Crippen molar-refractivity contribution in [3.63, 3.8) is 0 Å². The second-order valence-electron chi connectivity index (χ2n) is 3.94. The lowest BCUT2D eigenvalue weighted by atomic mass is 10.1. The lowest BCUT2D eigenvalue weighted by Crippen LogP contribution is -2.02. The van der Waals surface area contributed by atoms with Crippen LogP contribution in [0, 0.1) is 13.8 Å². The van der Waals surface area contributed by atoms with Gasteiger partial charge in [0.2, 0.25) is 0 Å². The molecule has 1 N–H and O–H groups in total. The van der Waals surface area contributed by atoms with Gasteiger partial charge in [-0.3, -0.25) is 0 Å². The Balaban J connectivity index is 2.09. The summed E-state index contributed by atoms with van der Waals surface area (Å²) >= 11 is 0. The molecule has 2 rings (SSSR count). The highest BCUT2D eigenvalue weighted by Crippen LogP contribution is 2.15. The molecule has 1 heteroatoms. The Morgan fingerprint density at radius 2 is 1.69 bits per heavy atom. The van der Waals surface area contributed by atoms with Crippen molar-refractivity contribution >= 4 is 5.69 Å². The highest BCUT2D eigenvalue weighted by Gasteiger charge is 1.98. The molecule has 16 heavy (non-hydrogen) atoms. The van der Waals surface area contributed by atoms with E-state index in [1.54, 1.807) is 0 Å². The van der Waals surface area contributed by atoms with Gasteiger partial charge in [-0.1, -0.05) is 42.5 Å². The number of anilines is 1. The minimum atomic E-state index is 0.846. The Labute approximate surface area is 97.1 Å². The maximum Gasteiger partial charge on any atom is 0.0403 e. The SMILES string of the molecule is [CH2]c1ccccc1NCc1ccccc1C. The lowest BCUT2D eigenvalue weighted by Gasteiger charge is -2.10. The fourth-order valence-electron chi connectivity index (χ4n) is 1.69. The summed E-state index contributed by atoms with van der Waals surface area (Å²) in [5, 5.41) is 3.41. The Morgan fingerprint density at radius 3 is 2.44 bits per heavy atom. The van der Waals surface area contributed by atoms with E-state index < -0.39 is 0 Å². The summed E-state index contributed by atoms with van der Waals surface area (Å²) < 4.78 is 0. The maximum absolute atomic E-state index is 3.99. The number of hydrogen-bond acceptors (Lipinski definition) is 1. The van der Waals surface area contributed by atoms with Gasteiger partial charge in [-0.05, 0) is 36.6 Å². The van der Waals surface area contributed by atoms with Crippen LogP contribution in [-0.2, 0) is 6.54 Å². The number of benzene rings is 2. The van der Waals surface area contributed by atoms with Gasteiger partial charge in [-0.25, -0.2) is 0 Å². The molecule has 0 atom stereocenters. The van der Waals surface area contributed by atoms with Gasteiger partial charge in [0.15, 0.2) is 0 Å². The molecule has 0 aromatic heterocycles. The third-order valence-electron chi connectivity index (χ3n) is 2.75.